The van der Waals surface area contributed by atoms with E-state index in [0.29, 0.717) is 5.92 Å². The third-order valence-corrected chi connectivity index (χ3v) is 12.0. The Morgan fingerprint density at radius 3 is 2.37 bits per heavy atom. The minimum atomic E-state index is -0.181. The molecule has 13 atom stereocenters. The molecular formula is C27H45NO2. The van der Waals surface area contributed by atoms with Gasteiger partial charge in [-0.15, -0.1) is 0 Å². The van der Waals surface area contributed by atoms with Crippen LogP contribution in [0.3, 0.4) is 0 Å². The number of nitrogens with zero attached hydrogens (tertiary/aromatic N) is 1. The van der Waals surface area contributed by atoms with Gasteiger partial charge in [-0.2, -0.15) is 0 Å². The van der Waals surface area contributed by atoms with Gasteiger partial charge in [-0.05, 0) is 116 Å². The van der Waals surface area contributed by atoms with Gasteiger partial charge in [0.25, 0.3) is 0 Å². The Morgan fingerprint density at radius 2 is 1.53 bits per heavy atom. The molecule has 0 bridgehead atoms. The molecule has 30 heavy (non-hydrogen) atoms. The van der Waals surface area contributed by atoms with Gasteiger partial charge in [0.05, 0.1) is 12.2 Å². The fourth-order valence-corrected chi connectivity index (χ4v) is 10.6. The highest BCUT2D eigenvalue weighted by Crippen LogP contribution is 2.67. The molecule has 4 aliphatic carbocycles. The maximum atomic E-state index is 11.2. The van der Waals surface area contributed by atoms with Crippen LogP contribution in [0, 0.1) is 58.7 Å². The molecule has 0 spiro atoms. The molecule has 2 saturated heterocycles. The molecule has 0 aromatic carbocycles. The summed E-state index contributed by atoms with van der Waals surface area (Å²) in [5.41, 5.74) is 0.261. The lowest BCUT2D eigenvalue weighted by Crippen LogP contribution is -2.58. The van der Waals surface area contributed by atoms with E-state index in [9.17, 15) is 10.2 Å². The SMILES string of the molecule is C[C@@H]1CC[C@H]2[C@H](C)[C@H]3CC[C@H]4C5C[C@H](O)[C@H]6C[C@@H](O)CCC6(C)[C@H]5C[C@H]4C3CN2C1. The second-order valence-electron chi connectivity index (χ2n) is 13.1. The first-order chi connectivity index (χ1) is 14.4. The van der Waals surface area contributed by atoms with Gasteiger partial charge in [0.15, 0.2) is 0 Å². The molecule has 6 rings (SSSR count). The smallest absolute Gasteiger partial charge is 0.0577 e. The first-order valence-electron chi connectivity index (χ1n) is 13.5. The summed E-state index contributed by atoms with van der Waals surface area (Å²) in [4.78, 5) is 2.92. The third kappa shape index (κ3) is 2.86. The second-order valence-corrected chi connectivity index (χ2v) is 13.1. The summed E-state index contributed by atoms with van der Waals surface area (Å²) < 4.78 is 0. The maximum Gasteiger partial charge on any atom is 0.0577 e. The van der Waals surface area contributed by atoms with Crippen molar-refractivity contribution in [3.63, 3.8) is 0 Å². The molecule has 0 amide bonds. The Morgan fingerprint density at radius 1 is 0.733 bits per heavy atom. The molecule has 0 aromatic rings. The molecule has 2 heterocycles. The van der Waals surface area contributed by atoms with Gasteiger partial charge in [0.1, 0.15) is 0 Å². The van der Waals surface area contributed by atoms with Gasteiger partial charge in [0.2, 0.25) is 0 Å². The molecular weight excluding hydrogens is 370 g/mol. The number of fused-ring (bicyclic) bond motifs is 8. The predicted octanol–water partition coefficient (Wildman–Crippen LogP) is 4.56. The molecule has 6 aliphatic rings. The zero-order valence-electron chi connectivity index (χ0n) is 19.5. The molecule has 0 aromatic heterocycles. The van der Waals surface area contributed by atoms with Crippen LogP contribution >= 0.6 is 0 Å². The quantitative estimate of drug-likeness (QED) is 0.609. The van der Waals surface area contributed by atoms with E-state index in [1.54, 1.807) is 0 Å². The van der Waals surface area contributed by atoms with E-state index in [2.05, 4.69) is 25.7 Å². The minimum Gasteiger partial charge on any atom is -0.393 e. The van der Waals surface area contributed by atoms with Crippen LogP contribution in [-0.4, -0.2) is 46.5 Å². The van der Waals surface area contributed by atoms with Crippen molar-refractivity contribution in [3.05, 3.63) is 0 Å². The fraction of sp³-hybridized carbons (Fsp3) is 1.00. The molecule has 6 fully saturated rings. The zero-order chi connectivity index (χ0) is 20.8. The lowest BCUT2D eigenvalue weighted by atomic mass is 9.51. The van der Waals surface area contributed by atoms with Gasteiger partial charge < -0.3 is 10.2 Å². The van der Waals surface area contributed by atoms with E-state index in [0.717, 1.165) is 79.1 Å². The normalized spacial score (nSPS) is 60.7. The van der Waals surface area contributed by atoms with E-state index >= 15 is 0 Å². The van der Waals surface area contributed by atoms with E-state index in [4.69, 9.17) is 0 Å². The predicted molar refractivity (Wildman–Crippen MR) is 120 cm³/mol. The average molecular weight is 416 g/mol. The van der Waals surface area contributed by atoms with Crippen molar-refractivity contribution in [2.45, 2.75) is 96.8 Å². The van der Waals surface area contributed by atoms with E-state index in [-0.39, 0.29) is 17.6 Å². The van der Waals surface area contributed by atoms with Gasteiger partial charge in [0, 0.05) is 19.1 Å². The van der Waals surface area contributed by atoms with Crippen LogP contribution in [0.5, 0.6) is 0 Å². The van der Waals surface area contributed by atoms with Crippen LogP contribution in [0.4, 0.5) is 0 Å². The Hall–Kier alpha value is -0.120. The summed E-state index contributed by atoms with van der Waals surface area (Å²) >= 11 is 0. The van der Waals surface area contributed by atoms with Gasteiger partial charge in [-0.25, -0.2) is 0 Å². The Kier molecular flexibility index (Phi) is 4.91. The highest BCUT2D eigenvalue weighted by molar-refractivity contribution is 5.12. The van der Waals surface area contributed by atoms with E-state index in [1.807, 2.05) is 0 Å². The Bertz CT molecular complexity index is 665. The zero-order valence-corrected chi connectivity index (χ0v) is 19.5. The Labute approximate surface area is 184 Å². The molecule has 3 heteroatoms. The van der Waals surface area contributed by atoms with Crippen LogP contribution in [0.25, 0.3) is 0 Å². The maximum absolute atomic E-state index is 11.2. The molecule has 2 aliphatic heterocycles. The first kappa shape index (κ1) is 20.5. The molecule has 4 saturated carbocycles. The highest BCUT2D eigenvalue weighted by Gasteiger charge is 2.62. The highest BCUT2D eigenvalue weighted by atomic mass is 16.3. The summed E-state index contributed by atoms with van der Waals surface area (Å²) in [5, 5.41) is 21.5. The summed E-state index contributed by atoms with van der Waals surface area (Å²) in [7, 11) is 0. The number of aliphatic hydroxyl groups excluding tert-OH is 2. The Balaban J connectivity index is 1.28. The van der Waals surface area contributed by atoms with E-state index < -0.39 is 0 Å². The molecule has 0 radical (unpaired) electrons. The van der Waals surface area contributed by atoms with Gasteiger partial charge >= 0.3 is 0 Å². The van der Waals surface area contributed by atoms with Crippen molar-refractivity contribution in [1.29, 1.82) is 0 Å². The van der Waals surface area contributed by atoms with Crippen LogP contribution in [-0.2, 0) is 0 Å². The molecule has 170 valence electrons. The van der Waals surface area contributed by atoms with E-state index in [1.165, 1.54) is 45.2 Å². The summed E-state index contributed by atoms with van der Waals surface area (Å²) in [5.74, 6) is 7.22. The molecule has 2 N–H and O–H groups in total. The van der Waals surface area contributed by atoms with Crippen molar-refractivity contribution >= 4 is 0 Å². The number of hydrogen-bond acceptors (Lipinski definition) is 3. The van der Waals surface area contributed by atoms with Crippen LogP contribution in [0.15, 0.2) is 0 Å². The van der Waals surface area contributed by atoms with Crippen molar-refractivity contribution in [2.24, 2.45) is 58.7 Å². The number of piperidine rings is 2. The summed E-state index contributed by atoms with van der Waals surface area (Å²) in [6.07, 6.45) is 10.7. The lowest BCUT2D eigenvalue weighted by Gasteiger charge is -2.56. The average Bonchev–Trinajstić information content (AvgIpc) is 3.09. The lowest BCUT2D eigenvalue weighted by molar-refractivity contribution is -0.130. The van der Waals surface area contributed by atoms with Gasteiger partial charge in [-0.3, -0.25) is 4.90 Å². The third-order valence-electron chi connectivity index (χ3n) is 12.0. The van der Waals surface area contributed by atoms with Gasteiger partial charge in [-0.1, -0.05) is 20.8 Å². The fourth-order valence-electron chi connectivity index (χ4n) is 10.6. The van der Waals surface area contributed by atoms with Crippen LogP contribution in [0.1, 0.15) is 78.6 Å². The minimum absolute atomic E-state index is 0.180. The largest absolute Gasteiger partial charge is 0.393 e. The van der Waals surface area contributed by atoms with Crippen molar-refractivity contribution < 1.29 is 10.2 Å². The topological polar surface area (TPSA) is 43.7 Å². The first-order valence-corrected chi connectivity index (χ1v) is 13.5. The summed E-state index contributed by atoms with van der Waals surface area (Å²) in [6.45, 7) is 10.3. The number of aliphatic hydroxyl groups is 2. The monoisotopic (exact) mass is 415 g/mol. The number of rotatable bonds is 0. The van der Waals surface area contributed by atoms with Crippen molar-refractivity contribution in [3.8, 4) is 0 Å². The van der Waals surface area contributed by atoms with Crippen molar-refractivity contribution in [1.82, 2.24) is 4.90 Å². The summed E-state index contributed by atoms with van der Waals surface area (Å²) in [6, 6.07) is 0.853. The molecule has 3 nitrogen and oxygen atoms in total. The van der Waals surface area contributed by atoms with Crippen LogP contribution in [0.2, 0.25) is 0 Å². The van der Waals surface area contributed by atoms with Crippen molar-refractivity contribution in [2.75, 3.05) is 13.1 Å². The number of hydrogen-bond donors (Lipinski definition) is 2. The standard InChI is InChI=1S/C27H45NO2/c1-15-4-7-25-16(2)18-5-6-19-20(22(18)14-28(25)13-15)11-23-21(19)12-26(30)24-10-17(29)8-9-27(23,24)3/h15-26,29-30H,4-14H2,1-3H3/t15-,16-,17+,18-,19-,20-,21?,22?,23+,24-,25+,26+,27?/m1/s1. The van der Waals surface area contributed by atoms with Crippen LogP contribution < -0.4 is 0 Å². The second kappa shape index (κ2) is 7.19. The molecule has 3 unspecified atom stereocenters.